The molecule has 0 bridgehead atoms. The Morgan fingerprint density at radius 1 is 0.980 bits per heavy atom. The minimum Gasteiger partial charge on any atom is -0.442 e. The summed E-state index contributed by atoms with van der Waals surface area (Å²) in [5.41, 5.74) is 4.93. The van der Waals surface area contributed by atoms with E-state index >= 15 is 4.39 Å². The fraction of sp³-hybridized carbons (Fsp3) is 0.447. The third-order valence-electron chi connectivity index (χ3n) is 9.40. The van der Waals surface area contributed by atoms with E-state index in [0.717, 1.165) is 40.9 Å². The quantitative estimate of drug-likeness (QED) is 0.258. The molecule has 272 valence electrons. The molecule has 0 radical (unpaired) electrons. The van der Waals surface area contributed by atoms with Crippen LogP contribution in [0.4, 0.5) is 30.6 Å². The highest BCUT2D eigenvalue weighted by Crippen LogP contribution is 2.33. The average Bonchev–Trinajstić information content (AvgIpc) is 3.05. The van der Waals surface area contributed by atoms with Crippen LogP contribution in [0.3, 0.4) is 0 Å². The second-order valence-corrected chi connectivity index (χ2v) is 15.5. The molecule has 0 saturated carbocycles. The van der Waals surface area contributed by atoms with Gasteiger partial charge in [0.1, 0.15) is 28.2 Å². The van der Waals surface area contributed by atoms with Crippen molar-refractivity contribution in [1.29, 1.82) is 5.26 Å². The molecule has 0 aliphatic carbocycles. The molecule has 2 heterocycles. The van der Waals surface area contributed by atoms with E-state index in [1.165, 1.54) is 24.3 Å². The molecule has 3 aromatic carbocycles. The van der Waals surface area contributed by atoms with Crippen LogP contribution in [-0.4, -0.2) is 71.5 Å². The summed E-state index contributed by atoms with van der Waals surface area (Å²) in [5, 5.41) is 13.2. The summed E-state index contributed by atoms with van der Waals surface area (Å²) < 4.78 is 50.8. The summed E-state index contributed by atoms with van der Waals surface area (Å²) >= 11 is 0. The number of nitriles is 1. The Bertz CT molecular complexity index is 1960. The maximum absolute atomic E-state index is 15.1. The van der Waals surface area contributed by atoms with Gasteiger partial charge in [0.25, 0.3) is 5.91 Å². The van der Waals surface area contributed by atoms with Crippen LogP contribution >= 0.6 is 0 Å². The molecule has 1 unspecified atom stereocenters. The standard InChI is InChI=1S/C38H46F2N6O4S/c1-23-19-24(2)34(42-29-13-15-44(16-14-29)31-12-11-28(39)20-27(31)21-41)26(4)33(23)36(47)46-18-17-45(22-25(46)3)32-10-8-9-30(40)35(32)51(49)43-37(48)50-38(5,6)7/h8-12,19-20,25,29,42,51H,13-18,22H2,1-7H3/t25-/m0/s1. The van der Waals surface area contributed by atoms with Crippen LogP contribution in [0.25, 0.3) is 0 Å². The lowest BCUT2D eigenvalue weighted by molar-refractivity contribution is 0.0606. The van der Waals surface area contributed by atoms with Crippen molar-refractivity contribution in [2.24, 2.45) is 4.36 Å². The third kappa shape index (κ3) is 8.44. The molecule has 2 fully saturated rings. The molecule has 10 nitrogen and oxygen atoms in total. The van der Waals surface area contributed by atoms with Crippen LogP contribution in [0.2, 0.25) is 0 Å². The molecular weight excluding hydrogens is 675 g/mol. The predicted molar refractivity (Wildman–Crippen MR) is 196 cm³/mol. The van der Waals surface area contributed by atoms with E-state index in [4.69, 9.17) is 4.74 Å². The van der Waals surface area contributed by atoms with Gasteiger partial charge in [-0.15, -0.1) is 4.36 Å². The smallest absolute Gasteiger partial charge is 0.442 e. The highest BCUT2D eigenvalue weighted by molar-refractivity contribution is 7.75. The number of ether oxygens (including phenoxy) is 1. The number of amides is 2. The first-order valence-corrected chi connectivity index (χ1v) is 18.4. The Hall–Kier alpha value is -4.70. The number of halogens is 2. The SMILES string of the molecule is Cc1cc(C)c(C(=O)N2CCN(c3cccc(F)c3/[SH](=O)=N/C(=O)OC(C)(C)C)C[C@@H]2C)c(C)c1NC1CCN(c2ccc(F)cc2C#N)CC1. The molecule has 2 aliphatic rings. The first kappa shape index (κ1) is 37.6. The van der Waals surface area contributed by atoms with Crippen molar-refractivity contribution in [1.82, 2.24) is 4.90 Å². The van der Waals surface area contributed by atoms with Crippen LogP contribution in [0.1, 0.15) is 73.1 Å². The topological polar surface area (TPSA) is 118 Å². The molecular formula is C38H46F2N6O4S. The number of carbonyl (C=O) groups is 2. The zero-order chi connectivity index (χ0) is 37.2. The number of nitrogens with one attached hydrogen (secondary N) is 1. The fourth-order valence-electron chi connectivity index (χ4n) is 7.06. The number of carbonyl (C=O) groups excluding carboxylic acids is 2. The Morgan fingerprint density at radius 3 is 2.33 bits per heavy atom. The zero-order valence-electron chi connectivity index (χ0n) is 30.2. The van der Waals surface area contributed by atoms with Crippen LogP contribution in [0, 0.1) is 43.7 Å². The van der Waals surface area contributed by atoms with Gasteiger partial charge >= 0.3 is 6.09 Å². The second kappa shape index (κ2) is 15.3. The van der Waals surface area contributed by atoms with E-state index in [0.29, 0.717) is 49.5 Å². The van der Waals surface area contributed by atoms with Gasteiger partial charge < -0.3 is 24.8 Å². The molecule has 0 aromatic heterocycles. The number of nitrogens with zero attached hydrogens (tertiary/aromatic N) is 5. The van der Waals surface area contributed by atoms with Crippen LogP contribution in [0.5, 0.6) is 0 Å². The van der Waals surface area contributed by atoms with Crippen molar-refractivity contribution in [2.45, 2.75) is 83.9 Å². The van der Waals surface area contributed by atoms with Gasteiger partial charge in [-0.3, -0.25) is 4.79 Å². The highest BCUT2D eigenvalue weighted by atomic mass is 32.2. The first-order valence-electron chi connectivity index (χ1n) is 17.2. The summed E-state index contributed by atoms with van der Waals surface area (Å²) in [6, 6.07) is 12.7. The van der Waals surface area contributed by atoms with Crippen LogP contribution in [0.15, 0.2) is 51.7 Å². The summed E-state index contributed by atoms with van der Waals surface area (Å²) in [6.07, 6.45) is 0.579. The van der Waals surface area contributed by atoms with E-state index in [1.54, 1.807) is 32.9 Å². The van der Waals surface area contributed by atoms with Crippen LogP contribution in [-0.2, 0) is 15.3 Å². The largest absolute Gasteiger partial charge is 0.442 e. The molecule has 2 atom stereocenters. The van der Waals surface area contributed by atoms with Gasteiger partial charge in [-0.2, -0.15) is 5.26 Å². The van der Waals surface area contributed by atoms with Crippen LogP contribution < -0.4 is 15.1 Å². The number of rotatable bonds is 6. The van der Waals surface area contributed by atoms with E-state index in [-0.39, 0.29) is 22.9 Å². The minimum absolute atomic E-state index is 0.0965. The number of anilines is 3. The Kier molecular flexibility index (Phi) is 11.2. The number of benzene rings is 3. The predicted octanol–water partition coefficient (Wildman–Crippen LogP) is 7.15. The lowest BCUT2D eigenvalue weighted by Crippen LogP contribution is -2.54. The number of aryl methyl sites for hydroxylation is 2. The van der Waals surface area contributed by atoms with E-state index in [2.05, 4.69) is 20.6 Å². The highest BCUT2D eigenvalue weighted by Gasteiger charge is 2.32. The molecule has 2 aliphatic heterocycles. The number of thiol groups is 1. The fourth-order valence-corrected chi connectivity index (χ4v) is 8.01. The van der Waals surface area contributed by atoms with Gasteiger partial charge in [-0.25, -0.2) is 17.8 Å². The number of piperazine rings is 1. The number of piperidine rings is 1. The lowest BCUT2D eigenvalue weighted by Gasteiger charge is -2.42. The van der Waals surface area contributed by atoms with Crippen molar-refractivity contribution >= 4 is 39.7 Å². The molecule has 3 aromatic rings. The van der Waals surface area contributed by atoms with Crippen molar-refractivity contribution in [2.75, 3.05) is 47.8 Å². The summed E-state index contributed by atoms with van der Waals surface area (Å²) in [6.45, 7) is 15.3. The molecule has 1 N–H and O–H groups in total. The number of hydrogen-bond acceptors (Lipinski definition) is 8. The van der Waals surface area contributed by atoms with Crippen molar-refractivity contribution in [3.63, 3.8) is 0 Å². The Morgan fingerprint density at radius 2 is 1.69 bits per heavy atom. The number of hydrogen-bond donors (Lipinski definition) is 2. The zero-order valence-corrected chi connectivity index (χ0v) is 31.1. The average molecular weight is 721 g/mol. The summed E-state index contributed by atoms with van der Waals surface area (Å²) in [4.78, 5) is 32.2. The van der Waals surface area contributed by atoms with Gasteiger partial charge in [0.2, 0.25) is 0 Å². The lowest BCUT2D eigenvalue weighted by atomic mass is 9.94. The Balaban J connectivity index is 1.30. The van der Waals surface area contributed by atoms with E-state index in [9.17, 15) is 23.5 Å². The van der Waals surface area contributed by atoms with E-state index < -0.39 is 33.9 Å². The van der Waals surface area contributed by atoms with Crippen molar-refractivity contribution in [3.8, 4) is 6.07 Å². The minimum atomic E-state index is -2.78. The molecule has 2 amide bonds. The van der Waals surface area contributed by atoms with E-state index in [1.807, 2.05) is 43.6 Å². The maximum atomic E-state index is 15.1. The molecule has 5 rings (SSSR count). The summed E-state index contributed by atoms with van der Waals surface area (Å²) in [5.74, 6) is -1.26. The van der Waals surface area contributed by atoms with Gasteiger partial charge in [-0.1, -0.05) is 12.1 Å². The molecule has 51 heavy (non-hydrogen) atoms. The monoisotopic (exact) mass is 720 g/mol. The first-order chi connectivity index (χ1) is 24.1. The molecule has 13 heteroatoms. The Labute approximate surface area is 300 Å². The third-order valence-corrected chi connectivity index (χ3v) is 10.6. The van der Waals surface area contributed by atoms with Gasteiger partial charge in [0.15, 0.2) is 0 Å². The van der Waals surface area contributed by atoms with Crippen molar-refractivity contribution < 1.29 is 27.3 Å². The molecule has 2 saturated heterocycles. The second-order valence-electron chi connectivity index (χ2n) is 14.3. The van der Waals surface area contributed by atoms with Crippen molar-refractivity contribution in [3.05, 3.63) is 81.9 Å². The molecule has 0 spiro atoms. The van der Waals surface area contributed by atoms with Gasteiger partial charge in [0, 0.05) is 56.1 Å². The summed E-state index contributed by atoms with van der Waals surface area (Å²) in [7, 11) is -2.78. The van der Waals surface area contributed by atoms with Gasteiger partial charge in [-0.05, 0) is 108 Å². The van der Waals surface area contributed by atoms with Gasteiger partial charge in [0.05, 0.1) is 27.5 Å². The maximum Gasteiger partial charge on any atom is 0.442 e. The normalized spacial score (nSPS) is 17.6.